The number of amides is 1. The molecule has 0 saturated carbocycles. The molecule has 4 rings (SSSR count). The SMILES string of the molecule is Cc1cccc(OCC(=O)N/N=C/c2ccccc2OC(=O)c2sc3ccccc3c2Cl)c1. The number of carbonyl (C=O) groups excluding carboxylic acids is 2. The summed E-state index contributed by atoms with van der Waals surface area (Å²) in [4.78, 5) is 25.1. The summed E-state index contributed by atoms with van der Waals surface area (Å²) in [5.41, 5.74) is 3.95. The Morgan fingerprint density at radius 2 is 1.85 bits per heavy atom. The van der Waals surface area contributed by atoms with Crippen molar-refractivity contribution >= 4 is 51.1 Å². The van der Waals surface area contributed by atoms with Crippen LogP contribution in [0.3, 0.4) is 0 Å². The van der Waals surface area contributed by atoms with Gasteiger partial charge in [0.2, 0.25) is 0 Å². The van der Waals surface area contributed by atoms with Crippen LogP contribution in [-0.4, -0.2) is 24.7 Å². The van der Waals surface area contributed by atoms with Crippen molar-refractivity contribution < 1.29 is 19.1 Å². The molecule has 8 heteroatoms. The molecule has 0 atom stereocenters. The molecular formula is C25H19ClN2O4S. The van der Waals surface area contributed by atoms with E-state index in [1.165, 1.54) is 17.6 Å². The molecule has 0 saturated heterocycles. The van der Waals surface area contributed by atoms with E-state index in [0.29, 0.717) is 27.0 Å². The minimum absolute atomic E-state index is 0.179. The van der Waals surface area contributed by atoms with E-state index in [0.717, 1.165) is 15.6 Å². The van der Waals surface area contributed by atoms with E-state index in [1.807, 2.05) is 49.4 Å². The first kappa shape index (κ1) is 22.5. The molecule has 0 spiro atoms. The van der Waals surface area contributed by atoms with E-state index in [1.54, 1.807) is 30.3 Å². The number of esters is 1. The standard InChI is InChI=1S/C25H19ClN2O4S/c1-16-7-6-9-18(13-16)31-15-22(29)28-27-14-17-8-2-4-11-20(17)32-25(30)24-23(26)19-10-3-5-12-21(19)33-24/h2-14H,15H2,1H3,(H,28,29)/b27-14+. The normalized spacial score (nSPS) is 11.0. The lowest BCUT2D eigenvalue weighted by Crippen LogP contribution is -2.24. The monoisotopic (exact) mass is 478 g/mol. The van der Waals surface area contributed by atoms with E-state index in [-0.39, 0.29) is 6.61 Å². The third kappa shape index (κ3) is 5.58. The number of rotatable bonds is 7. The Kier molecular flexibility index (Phi) is 7.02. The van der Waals surface area contributed by atoms with E-state index < -0.39 is 11.9 Å². The van der Waals surface area contributed by atoms with Gasteiger partial charge < -0.3 is 9.47 Å². The van der Waals surface area contributed by atoms with Crippen LogP contribution in [0, 0.1) is 6.92 Å². The first-order valence-corrected chi connectivity index (χ1v) is 11.2. The second-order valence-electron chi connectivity index (χ2n) is 7.07. The number of benzene rings is 3. The van der Waals surface area contributed by atoms with Crippen molar-refractivity contribution in [3.05, 3.63) is 93.8 Å². The zero-order valence-corrected chi connectivity index (χ0v) is 19.2. The van der Waals surface area contributed by atoms with Crippen LogP contribution in [0.15, 0.2) is 77.9 Å². The van der Waals surface area contributed by atoms with Crippen molar-refractivity contribution in [3.63, 3.8) is 0 Å². The number of ether oxygens (including phenoxy) is 2. The van der Waals surface area contributed by atoms with Gasteiger partial charge in [0.15, 0.2) is 6.61 Å². The molecule has 0 fully saturated rings. The Balaban J connectivity index is 1.39. The first-order chi connectivity index (χ1) is 16.0. The molecule has 0 radical (unpaired) electrons. The van der Waals surface area contributed by atoms with Crippen LogP contribution in [-0.2, 0) is 4.79 Å². The number of nitrogens with one attached hydrogen (secondary N) is 1. The highest BCUT2D eigenvalue weighted by Crippen LogP contribution is 2.36. The van der Waals surface area contributed by atoms with Crippen LogP contribution in [0.5, 0.6) is 11.5 Å². The topological polar surface area (TPSA) is 77.0 Å². The zero-order chi connectivity index (χ0) is 23.2. The largest absolute Gasteiger partial charge is 0.484 e. The lowest BCUT2D eigenvalue weighted by molar-refractivity contribution is -0.123. The highest BCUT2D eigenvalue weighted by molar-refractivity contribution is 7.21. The van der Waals surface area contributed by atoms with E-state index in [4.69, 9.17) is 21.1 Å². The predicted molar refractivity (Wildman–Crippen MR) is 131 cm³/mol. The molecule has 1 aromatic heterocycles. The van der Waals surface area contributed by atoms with Crippen LogP contribution in [0.4, 0.5) is 0 Å². The van der Waals surface area contributed by atoms with Crippen molar-refractivity contribution in [2.45, 2.75) is 6.92 Å². The van der Waals surface area contributed by atoms with Gasteiger partial charge in [-0.2, -0.15) is 5.10 Å². The van der Waals surface area contributed by atoms with Crippen LogP contribution in [0.1, 0.15) is 20.8 Å². The highest BCUT2D eigenvalue weighted by atomic mass is 35.5. The summed E-state index contributed by atoms with van der Waals surface area (Å²) in [6.45, 7) is 1.76. The average Bonchev–Trinajstić information content (AvgIpc) is 3.16. The van der Waals surface area contributed by atoms with Crippen LogP contribution in [0.25, 0.3) is 10.1 Å². The number of hydrogen-bond acceptors (Lipinski definition) is 6. The summed E-state index contributed by atoms with van der Waals surface area (Å²) in [5.74, 6) is -0.0757. The third-order valence-corrected chi connectivity index (χ3v) is 6.25. The maximum absolute atomic E-state index is 12.8. The van der Waals surface area contributed by atoms with Crippen molar-refractivity contribution in [2.75, 3.05) is 6.61 Å². The van der Waals surface area contributed by atoms with Gasteiger partial charge in [-0.3, -0.25) is 4.79 Å². The van der Waals surface area contributed by atoms with Crippen LogP contribution < -0.4 is 14.9 Å². The number of aryl methyl sites for hydroxylation is 1. The molecule has 0 bridgehead atoms. The van der Waals surface area contributed by atoms with Gasteiger partial charge in [0.05, 0.1) is 11.2 Å². The van der Waals surface area contributed by atoms with Gasteiger partial charge in [-0.1, -0.05) is 54.1 Å². The molecular weight excluding hydrogens is 460 g/mol. The number of hydrogen-bond donors (Lipinski definition) is 1. The summed E-state index contributed by atoms with van der Waals surface area (Å²) < 4.78 is 11.9. The third-order valence-electron chi connectivity index (χ3n) is 4.59. The van der Waals surface area contributed by atoms with Crippen LogP contribution in [0.2, 0.25) is 5.02 Å². The number of nitrogens with zero attached hydrogens (tertiary/aromatic N) is 1. The molecule has 166 valence electrons. The Bertz CT molecular complexity index is 1350. The number of carbonyl (C=O) groups is 2. The second-order valence-corrected chi connectivity index (χ2v) is 8.50. The van der Waals surface area contributed by atoms with Gasteiger partial charge in [0, 0.05) is 15.6 Å². The predicted octanol–water partition coefficient (Wildman–Crippen LogP) is 5.61. The maximum atomic E-state index is 12.8. The van der Waals surface area contributed by atoms with Crippen molar-refractivity contribution in [1.29, 1.82) is 0 Å². The molecule has 1 N–H and O–H groups in total. The van der Waals surface area contributed by atoms with E-state index in [9.17, 15) is 9.59 Å². The smallest absolute Gasteiger partial charge is 0.355 e. The minimum atomic E-state index is -0.558. The lowest BCUT2D eigenvalue weighted by Gasteiger charge is -2.07. The van der Waals surface area contributed by atoms with Gasteiger partial charge in [0.25, 0.3) is 5.91 Å². The molecule has 0 aliphatic carbocycles. The van der Waals surface area contributed by atoms with Gasteiger partial charge >= 0.3 is 5.97 Å². The van der Waals surface area contributed by atoms with Crippen molar-refractivity contribution in [3.8, 4) is 11.5 Å². The fourth-order valence-electron chi connectivity index (χ4n) is 3.03. The highest BCUT2D eigenvalue weighted by Gasteiger charge is 2.19. The van der Waals surface area contributed by atoms with E-state index >= 15 is 0 Å². The van der Waals surface area contributed by atoms with Gasteiger partial charge in [-0.15, -0.1) is 11.3 Å². The number of halogens is 1. The summed E-state index contributed by atoms with van der Waals surface area (Å²) in [5, 5.41) is 5.12. The summed E-state index contributed by atoms with van der Waals surface area (Å²) in [6, 6.07) is 21.8. The summed E-state index contributed by atoms with van der Waals surface area (Å²) in [6.07, 6.45) is 1.40. The van der Waals surface area contributed by atoms with Crippen LogP contribution >= 0.6 is 22.9 Å². The first-order valence-electron chi connectivity index (χ1n) is 10.0. The molecule has 3 aromatic carbocycles. The number of fused-ring (bicyclic) bond motifs is 1. The summed E-state index contributed by atoms with van der Waals surface area (Å²) in [7, 11) is 0. The molecule has 1 heterocycles. The van der Waals surface area contributed by atoms with Gasteiger partial charge in [-0.25, -0.2) is 10.2 Å². The van der Waals surface area contributed by atoms with Gasteiger partial charge in [-0.05, 0) is 42.8 Å². The molecule has 33 heavy (non-hydrogen) atoms. The summed E-state index contributed by atoms with van der Waals surface area (Å²) >= 11 is 7.66. The molecule has 0 aliphatic rings. The average molecular weight is 479 g/mol. The Morgan fingerprint density at radius 3 is 2.67 bits per heavy atom. The molecule has 6 nitrogen and oxygen atoms in total. The quantitative estimate of drug-likeness (QED) is 0.162. The maximum Gasteiger partial charge on any atom is 0.355 e. The second kappa shape index (κ2) is 10.3. The van der Waals surface area contributed by atoms with Crippen molar-refractivity contribution in [1.82, 2.24) is 5.43 Å². The fraction of sp³-hybridized carbons (Fsp3) is 0.0800. The van der Waals surface area contributed by atoms with E-state index in [2.05, 4.69) is 10.5 Å². The minimum Gasteiger partial charge on any atom is -0.484 e. The fourth-order valence-corrected chi connectivity index (χ4v) is 4.42. The van der Waals surface area contributed by atoms with Crippen molar-refractivity contribution in [2.24, 2.45) is 5.10 Å². The number of para-hydroxylation sites is 1. The molecule has 4 aromatic rings. The van der Waals surface area contributed by atoms with Gasteiger partial charge in [0.1, 0.15) is 16.4 Å². The number of thiophene rings is 1. The molecule has 0 unspecified atom stereocenters. The lowest BCUT2D eigenvalue weighted by atomic mass is 10.2. The Hall–Kier alpha value is -3.68. The molecule has 1 amide bonds. The molecule has 0 aliphatic heterocycles. The number of hydrazone groups is 1. The zero-order valence-electron chi connectivity index (χ0n) is 17.6. The Morgan fingerprint density at radius 1 is 1.06 bits per heavy atom. The Labute approximate surface area is 199 Å².